The quantitative estimate of drug-likeness (QED) is 0.776. The van der Waals surface area contributed by atoms with Crippen LogP contribution in [-0.2, 0) is 4.79 Å². The number of rotatable bonds is 3. The first kappa shape index (κ1) is 10.9. The van der Waals surface area contributed by atoms with Crippen LogP contribution in [0.4, 0.5) is 0 Å². The van der Waals surface area contributed by atoms with E-state index in [1.165, 1.54) is 12.8 Å². The predicted molar refractivity (Wildman–Crippen MR) is 58.7 cm³/mol. The van der Waals surface area contributed by atoms with Crippen molar-refractivity contribution >= 4 is 5.97 Å². The summed E-state index contributed by atoms with van der Waals surface area (Å²) in [7, 11) is 2.10. The molecule has 0 aromatic carbocycles. The van der Waals surface area contributed by atoms with Crippen LogP contribution in [0.25, 0.3) is 0 Å². The number of hydrogen-bond donors (Lipinski definition) is 1. The number of carboxylic acids is 1. The van der Waals surface area contributed by atoms with Crippen molar-refractivity contribution in [2.24, 2.45) is 11.3 Å². The van der Waals surface area contributed by atoms with E-state index in [0.717, 1.165) is 12.8 Å². The van der Waals surface area contributed by atoms with E-state index >= 15 is 0 Å². The minimum absolute atomic E-state index is 0.112. The van der Waals surface area contributed by atoms with Gasteiger partial charge in [0.25, 0.3) is 0 Å². The van der Waals surface area contributed by atoms with Gasteiger partial charge < -0.3 is 5.11 Å². The lowest BCUT2D eigenvalue weighted by atomic mass is 9.66. The van der Waals surface area contributed by atoms with Crippen molar-refractivity contribution in [2.75, 3.05) is 7.05 Å². The Bertz CT molecular complexity index is 267. The van der Waals surface area contributed by atoms with Gasteiger partial charge in [-0.05, 0) is 38.1 Å². The lowest BCUT2D eigenvalue weighted by Crippen LogP contribution is -2.57. The van der Waals surface area contributed by atoms with Crippen LogP contribution in [0.15, 0.2) is 0 Å². The van der Waals surface area contributed by atoms with Crippen LogP contribution < -0.4 is 0 Å². The van der Waals surface area contributed by atoms with Gasteiger partial charge in [0.15, 0.2) is 0 Å². The molecule has 1 N–H and O–H groups in total. The van der Waals surface area contributed by atoms with Crippen LogP contribution in [0.1, 0.15) is 39.5 Å². The van der Waals surface area contributed by atoms with Crippen molar-refractivity contribution in [1.29, 1.82) is 0 Å². The summed E-state index contributed by atoms with van der Waals surface area (Å²) in [6, 6.07) is 0.913. The van der Waals surface area contributed by atoms with Gasteiger partial charge in [0.05, 0.1) is 5.92 Å². The Kier molecular flexibility index (Phi) is 2.53. The largest absolute Gasteiger partial charge is 0.481 e. The highest BCUT2D eigenvalue weighted by Gasteiger charge is 2.46. The monoisotopic (exact) mass is 211 g/mol. The van der Waals surface area contributed by atoms with Gasteiger partial charge in [0.1, 0.15) is 0 Å². The smallest absolute Gasteiger partial charge is 0.308 e. The SMILES string of the molecule is CN(C1CC(C)(C)C1)C1CCC1C(=O)O. The second-order valence-electron chi connectivity index (χ2n) is 5.98. The lowest BCUT2D eigenvalue weighted by Gasteiger charge is -2.52. The predicted octanol–water partition coefficient (Wildman–Crippen LogP) is 1.97. The van der Waals surface area contributed by atoms with E-state index < -0.39 is 5.97 Å². The molecule has 2 saturated carbocycles. The maximum atomic E-state index is 10.9. The molecule has 0 spiro atoms. The standard InChI is InChI=1S/C12H21NO2/c1-12(2)6-8(7-12)13(3)10-5-4-9(10)11(14)15/h8-10H,4-7H2,1-3H3,(H,14,15). The molecule has 0 aliphatic heterocycles. The van der Waals surface area contributed by atoms with Crippen molar-refractivity contribution in [2.45, 2.75) is 51.6 Å². The molecule has 3 heteroatoms. The van der Waals surface area contributed by atoms with Crippen molar-refractivity contribution < 1.29 is 9.90 Å². The van der Waals surface area contributed by atoms with Gasteiger partial charge in [-0.15, -0.1) is 0 Å². The van der Waals surface area contributed by atoms with Crippen molar-refractivity contribution in [3.05, 3.63) is 0 Å². The Morgan fingerprint density at radius 1 is 1.33 bits per heavy atom. The Hall–Kier alpha value is -0.570. The normalized spacial score (nSPS) is 34.7. The van der Waals surface area contributed by atoms with Gasteiger partial charge in [0, 0.05) is 12.1 Å². The number of carboxylic acid groups (broad SMARTS) is 1. The third-order valence-electron chi connectivity index (χ3n) is 4.23. The summed E-state index contributed by atoms with van der Waals surface area (Å²) in [5.41, 5.74) is 0.474. The topological polar surface area (TPSA) is 40.5 Å². The molecular formula is C12H21NO2. The zero-order valence-electron chi connectivity index (χ0n) is 9.86. The molecule has 2 unspecified atom stereocenters. The molecule has 0 bridgehead atoms. The second-order valence-corrected chi connectivity index (χ2v) is 5.98. The molecule has 86 valence electrons. The molecule has 2 aliphatic carbocycles. The maximum Gasteiger partial charge on any atom is 0.308 e. The van der Waals surface area contributed by atoms with E-state index in [1.807, 2.05) is 0 Å². The Morgan fingerprint density at radius 2 is 1.93 bits per heavy atom. The van der Waals surface area contributed by atoms with E-state index in [1.54, 1.807) is 0 Å². The summed E-state index contributed by atoms with van der Waals surface area (Å²) in [6.07, 6.45) is 4.35. The molecule has 0 heterocycles. The zero-order valence-corrected chi connectivity index (χ0v) is 9.86. The van der Waals surface area contributed by atoms with Crippen LogP contribution in [0.2, 0.25) is 0 Å². The highest BCUT2D eigenvalue weighted by atomic mass is 16.4. The highest BCUT2D eigenvalue weighted by Crippen LogP contribution is 2.45. The van der Waals surface area contributed by atoms with Gasteiger partial charge >= 0.3 is 5.97 Å². The van der Waals surface area contributed by atoms with Crippen LogP contribution in [0, 0.1) is 11.3 Å². The van der Waals surface area contributed by atoms with Gasteiger partial charge in [-0.25, -0.2) is 0 Å². The highest BCUT2D eigenvalue weighted by molar-refractivity contribution is 5.72. The number of aliphatic carboxylic acids is 1. The van der Waals surface area contributed by atoms with Gasteiger partial charge in [0.2, 0.25) is 0 Å². The summed E-state index contributed by atoms with van der Waals surface area (Å²) in [5.74, 6) is -0.726. The summed E-state index contributed by atoms with van der Waals surface area (Å²) in [6.45, 7) is 4.57. The minimum Gasteiger partial charge on any atom is -0.481 e. The molecule has 2 fully saturated rings. The zero-order chi connectivity index (χ0) is 11.2. The van der Waals surface area contributed by atoms with Gasteiger partial charge in [-0.1, -0.05) is 13.8 Å². The first-order valence-corrected chi connectivity index (χ1v) is 5.85. The summed E-state index contributed by atoms with van der Waals surface area (Å²) in [4.78, 5) is 13.2. The number of nitrogens with zero attached hydrogens (tertiary/aromatic N) is 1. The Labute approximate surface area is 91.5 Å². The molecule has 0 saturated heterocycles. The van der Waals surface area contributed by atoms with Crippen molar-refractivity contribution in [3.63, 3.8) is 0 Å². The lowest BCUT2D eigenvalue weighted by molar-refractivity contribution is -0.150. The van der Waals surface area contributed by atoms with E-state index in [2.05, 4.69) is 25.8 Å². The fourth-order valence-corrected chi connectivity index (χ4v) is 3.03. The molecule has 0 amide bonds. The molecular weight excluding hydrogens is 190 g/mol. The minimum atomic E-state index is -0.614. The van der Waals surface area contributed by atoms with Crippen LogP contribution in [-0.4, -0.2) is 35.1 Å². The second kappa shape index (κ2) is 3.48. The molecule has 2 atom stereocenters. The molecule has 2 aliphatic rings. The van der Waals surface area contributed by atoms with Crippen LogP contribution >= 0.6 is 0 Å². The summed E-state index contributed by atoms with van der Waals surface area (Å²) in [5, 5.41) is 9.00. The molecule has 0 aromatic rings. The number of hydrogen-bond acceptors (Lipinski definition) is 2. The van der Waals surface area contributed by atoms with E-state index in [-0.39, 0.29) is 5.92 Å². The summed E-state index contributed by atoms with van der Waals surface area (Å²) < 4.78 is 0. The average Bonchev–Trinajstić information content (AvgIpc) is 1.96. The van der Waals surface area contributed by atoms with Crippen molar-refractivity contribution in [1.82, 2.24) is 4.90 Å². The maximum absolute atomic E-state index is 10.9. The number of carbonyl (C=O) groups is 1. The fourth-order valence-electron chi connectivity index (χ4n) is 3.03. The molecule has 0 aromatic heterocycles. The van der Waals surface area contributed by atoms with Crippen molar-refractivity contribution in [3.8, 4) is 0 Å². The molecule has 15 heavy (non-hydrogen) atoms. The Balaban J connectivity index is 1.87. The average molecular weight is 211 g/mol. The van der Waals surface area contributed by atoms with E-state index in [4.69, 9.17) is 5.11 Å². The van der Waals surface area contributed by atoms with E-state index in [0.29, 0.717) is 17.5 Å². The van der Waals surface area contributed by atoms with Crippen LogP contribution in [0.3, 0.4) is 0 Å². The van der Waals surface area contributed by atoms with E-state index in [9.17, 15) is 4.79 Å². The third kappa shape index (κ3) is 1.89. The summed E-state index contributed by atoms with van der Waals surface area (Å²) >= 11 is 0. The Morgan fingerprint density at radius 3 is 2.27 bits per heavy atom. The van der Waals surface area contributed by atoms with Gasteiger partial charge in [-0.2, -0.15) is 0 Å². The molecule has 2 rings (SSSR count). The van der Waals surface area contributed by atoms with Crippen LogP contribution in [0.5, 0.6) is 0 Å². The fraction of sp³-hybridized carbons (Fsp3) is 0.917. The molecule has 0 radical (unpaired) electrons. The third-order valence-corrected chi connectivity index (χ3v) is 4.23. The first-order chi connectivity index (χ1) is 6.91. The molecule has 3 nitrogen and oxygen atoms in total. The van der Waals surface area contributed by atoms with Gasteiger partial charge in [-0.3, -0.25) is 9.69 Å². The first-order valence-electron chi connectivity index (χ1n) is 5.85.